The minimum atomic E-state index is -0.750. The summed E-state index contributed by atoms with van der Waals surface area (Å²) < 4.78 is 6.20. The molecule has 150 valence electrons. The van der Waals surface area contributed by atoms with Gasteiger partial charge in [0.05, 0.1) is 23.9 Å². The van der Waals surface area contributed by atoms with E-state index in [2.05, 4.69) is 10.3 Å². The van der Waals surface area contributed by atoms with Crippen molar-refractivity contribution in [3.05, 3.63) is 81.9 Å². The van der Waals surface area contributed by atoms with Crippen molar-refractivity contribution >= 4 is 11.8 Å². The van der Waals surface area contributed by atoms with Gasteiger partial charge in [-0.2, -0.15) is 0 Å². The summed E-state index contributed by atoms with van der Waals surface area (Å²) >= 11 is 0. The van der Waals surface area contributed by atoms with E-state index in [1.165, 1.54) is 17.9 Å². The minimum Gasteiger partial charge on any atom is -0.508 e. The second-order valence-corrected chi connectivity index (χ2v) is 7.21. The Morgan fingerprint density at radius 1 is 1.21 bits per heavy atom. The number of phenolic OH excluding ortho intramolecular Hbond substituents is 1. The number of aryl methyl sites for hydroxylation is 1. The van der Waals surface area contributed by atoms with Gasteiger partial charge in [0, 0.05) is 18.0 Å². The van der Waals surface area contributed by atoms with Crippen LogP contribution >= 0.6 is 0 Å². The smallest absolute Gasteiger partial charge is 0.337 e. The topological polar surface area (TPSA) is 93.5 Å². The molecule has 7 nitrogen and oxygen atoms in total. The van der Waals surface area contributed by atoms with Crippen LogP contribution in [0.25, 0.3) is 5.69 Å². The molecule has 3 rings (SSSR count). The zero-order valence-corrected chi connectivity index (χ0v) is 16.8. The van der Waals surface area contributed by atoms with Gasteiger partial charge in [0.1, 0.15) is 5.75 Å². The Morgan fingerprint density at radius 2 is 1.93 bits per heavy atom. The lowest BCUT2D eigenvalue weighted by Gasteiger charge is -2.28. The van der Waals surface area contributed by atoms with Gasteiger partial charge in [-0.1, -0.05) is 24.3 Å². The second kappa shape index (κ2) is 7.79. The predicted molar refractivity (Wildman–Crippen MR) is 111 cm³/mol. The molecule has 0 unspecified atom stereocenters. The van der Waals surface area contributed by atoms with Crippen LogP contribution in [0.4, 0.5) is 5.82 Å². The van der Waals surface area contributed by atoms with E-state index in [4.69, 9.17) is 4.74 Å². The van der Waals surface area contributed by atoms with Crippen LogP contribution < -0.4 is 10.9 Å². The molecule has 1 heterocycles. The Kier molecular flexibility index (Phi) is 5.41. The monoisotopic (exact) mass is 393 g/mol. The molecule has 2 aromatic carbocycles. The lowest BCUT2D eigenvalue weighted by Crippen LogP contribution is -2.33. The molecule has 2 N–H and O–H groups in total. The number of phenols is 1. The largest absolute Gasteiger partial charge is 0.508 e. The fourth-order valence-electron chi connectivity index (χ4n) is 3.17. The van der Waals surface area contributed by atoms with Gasteiger partial charge < -0.3 is 15.2 Å². The van der Waals surface area contributed by atoms with Crippen molar-refractivity contribution in [3.8, 4) is 11.4 Å². The van der Waals surface area contributed by atoms with Crippen molar-refractivity contribution in [2.45, 2.75) is 26.3 Å². The van der Waals surface area contributed by atoms with Gasteiger partial charge in [0.2, 0.25) is 0 Å². The van der Waals surface area contributed by atoms with Crippen molar-refractivity contribution in [1.29, 1.82) is 0 Å². The standard InChI is InChI=1S/C22H23N3O4/c1-14-9-10-15(21(28)29-4)13-17(14)25-12-11-23-19(20(25)27)24-22(2,3)16-7-5-6-8-18(16)26/h5-13,26H,1-4H3,(H,23,24). The van der Waals surface area contributed by atoms with E-state index in [0.29, 0.717) is 16.8 Å². The van der Waals surface area contributed by atoms with E-state index in [9.17, 15) is 14.7 Å². The number of hydrogen-bond acceptors (Lipinski definition) is 6. The number of aromatic hydroxyl groups is 1. The zero-order chi connectivity index (χ0) is 21.2. The summed E-state index contributed by atoms with van der Waals surface area (Å²) in [7, 11) is 1.31. The summed E-state index contributed by atoms with van der Waals surface area (Å²) in [4.78, 5) is 29.2. The van der Waals surface area contributed by atoms with Gasteiger partial charge in [0.25, 0.3) is 5.56 Å². The van der Waals surface area contributed by atoms with Crippen molar-refractivity contribution < 1.29 is 14.6 Å². The summed E-state index contributed by atoms with van der Waals surface area (Å²) in [6.07, 6.45) is 3.05. The van der Waals surface area contributed by atoms with Crippen LogP contribution in [0.5, 0.6) is 5.75 Å². The van der Waals surface area contributed by atoms with Crippen LogP contribution in [0.15, 0.2) is 59.7 Å². The van der Waals surface area contributed by atoms with Crippen molar-refractivity contribution in [3.63, 3.8) is 0 Å². The molecule has 0 fully saturated rings. The maximum Gasteiger partial charge on any atom is 0.337 e. The molecule has 7 heteroatoms. The first-order chi connectivity index (χ1) is 13.7. The van der Waals surface area contributed by atoms with Gasteiger partial charge in [-0.05, 0) is 44.5 Å². The van der Waals surface area contributed by atoms with Crippen molar-refractivity contribution in [2.75, 3.05) is 12.4 Å². The average Bonchev–Trinajstić information content (AvgIpc) is 2.69. The Labute approximate surface area is 168 Å². The van der Waals surface area contributed by atoms with E-state index in [1.807, 2.05) is 26.8 Å². The molecule has 0 spiro atoms. The Hall–Kier alpha value is -3.61. The van der Waals surface area contributed by atoms with E-state index >= 15 is 0 Å². The molecule has 0 aliphatic rings. The van der Waals surface area contributed by atoms with Gasteiger partial charge in [-0.3, -0.25) is 9.36 Å². The molecule has 0 saturated heterocycles. The van der Waals surface area contributed by atoms with Crippen molar-refractivity contribution in [2.24, 2.45) is 0 Å². The lowest BCUT2D eigenvalue weighted by atomic mass is 9.93. The quantitative estimate of drug-likeness (QED) is 0.646. The first kappa shape index (κ1) is 20.1. The molecule has 0 aliphatic carbocycles. The number of ether oxygens (including phenoxy) is 1. The Bertz CT molecular complexity index is 1120. The van der Waals surface area contributed by atoms with Gasteiger partial charge in [-0.15, -0.1) is 0 Å². The predicted octanol–water partition coefficient (Wildman–Crippen LogP) is 3.38. The van der Waals surface area contributed by atoms with Crippen LogP contribution in [0, 0.1) is 6.92 Å². The summed E-state index contributed by atoms with van der Waals surface area (Å²) in [6.45, 7) is 5.55. The first-order valence-electron chi connectivity index (χ1n) is 9.08. The Balaban J connectivity index is 2.05. The highest BCUT2D eigenvalue weighted by Gasteiger charge is 2.25. The second-order valence-electron chi connectivity index (χ2n) is 7.21. The highest BCUT2D eigenvalue weighted by atomic mass is 16.5. The van der Waals surface area contributed by atoms with Crippen LogP contribution in [0.1, 0.15) is 35.3 Å². The number of benzene rings is 2. The van der Waals surface area contributed by atoms with Crippen LogP contribution in [-0.2, 0) is 10.3 Å². The van der Waals surface area contributed by atoms with Crippen LogP contribution in [0.2, 0.25) is 0 Å². The summed E-state index contributed by atoms with van der Waals surface area (Å²) in [5.74, 6) is -0.223. The molecule has 29 heavy (non-hydrogen) atoms. The molecule has 0 bridgehead atoms. The van der Waals surface area contributed by atoms with Gasteiger partial charge >= 0.3 is 5.97 Å². The number of para-hydroxylation sites is 1. The number of nitrogens with one attached hydrogen (secondary N) is 1. The molecule has 0 radical (unpaired) electrons. The van der Waals surface area contributed by atoms with Gasteiger partial charge in [0.15, 0.2) is 5.82 Å². The summed E-state index contributed by atoms with van der Waals surface area (Å²) in [6, 6.07) is 12.0. The highest BCUT2D eigenvalue weighted by molar-refractivity contribution is 5.90. The van der Waals surface area contributed by atoms with E-state index in [-0.39, 0.29) is 17.1 Å². The zero-order valence-electron chi connectivity index (χ0n) is 16.8. The number of nitrogens with zero attached hydrogens (tertiary/aromatic N) is 2. The number of hydrogen-bond donors (Lipinski definition) is 2. The van der Waals surface area contributed by atoms with E-state index < -0.39 is 11.5 Å². The molecule has 1 aromatic heterocycles. The molecule has 0 aliphatic heterocycles. The fourth-order valence-corrected chi connectivity index (χ4v) is 3.17. The van der Waals surface area contributed by atoms with E-state index in [0.717, 1.165) is 5.56 Å². The number of carbonyl (C=O) groups is 1. The summed E-state index contributed by atoms with van der Waals surface area (Å²) in [5, 5.41) is 13.3. The maximum atomic E-state index is 13.1. The van der Waals surface area contributed by atoms with E-state index in [1.54, 1.807) is 42.6 Å². The number of anilines is 1. The normalized spacial score (nSPS) is 11.2. The molecule has 3 aromatic rings. The van der Waals surface area contributed by atoms with Crippen molar-refractivity contribution in [1.82, 2.24) is 9.55 Å². The number of aromatic nitrogens is 2. The SMILES string of the molecule is COC(=O)c1ccc(C)c(-n2ccnc(NC(C)(C)c3ccccc3O)c2=O)c1. The molecular weight excluding hydrogens is 370 g/mol. The highest BCUT2D eigenvalue weighted by Crippen LogP contribution is 2.30. The number of esters is 1. The molecule has 0 amide bonds. The van der Waals surface area contributed by atoms with Gasteiger partial charge in [-0.25, -0.2) is 9.78 Å². The average molecular weight is 393 g/mol. The first-order valence-corrected chi connectivity index (χ1v) is 9.08. The minimum absolute atomic E-state index is 0.128. The molecule has 0 atom stereocenters. The molecule has 0 saturated carbocycles. The fraction of sp³-hybridized carbons (Fsp3) is 0.227. The maximum absolute atomic E-state index is 13.1. The van der Waals surface area contributed by atoms with Crippen LogP contribution in [0.3, 0.4) is 0 Å². The number of methoxy groups -OCH3 is 1. The lowest BCUT2D eigenvalue weighted by molar-refractivity contribution is 0.0600. The Morgan fingerprint density at radius 3 is 2.62 bits per heavy atom. The molecular formula is C22H23N3O4. The third kappa shape index (κ3) is 3.99. The van der Waals surface area contributed by atoms with Crippen LogP contribution in [-0.4, -0.2) is 27.7 Å². The number of carbonyl (C=O) groups excluding carboxylic acids is 1. The third-order valence-corrected chi connectivity index (χ3v) is 4.74. The summed E-state index contributed by atoms with van der Waals surface area (Å²) in [5.41, 5.74) is 1.24. The number of rotatable bonds is 5. The third-order valence-electron chi connectivity index (χ3n) is 4.74.